The average Bonchev–Trinajstić information content (AvgIpc) is 2.77. The van der Waals surface area contributed by atoms with Crippen LogP contribution in [0.5, 0.6) is 0 Å². The van der Waals surface area contributed by atoms with E-state index in [4.69, 9.17) is 5.73 Å². The second kappa shape index (κ2) is 5.38. The summed E-state index contributed by atoms with van der Waals surface area (Å²) in [5.74, 6) is -0.0780. The van der Waals surface area contributed by atoms with Crippen LogP contribution in [-0.2, 0) is 0 Å². The number of likely N-dealkylation sites (tertiary alicyclic amines) is 1. The van der Waals surface area contributed by atoms with Crippen molar-refractivity contribution in [1.29, 1.82) is 0 Å². The topological polar surface area (TPSA) is 71.2 Å². The van der Waals surface area contributed by atoms with Crippen LogP contribution in [-0.4, -0.2) is 42.0 Å². The molecule has 0 radical (unpaired) electrons. The van der Waals surface area contributed by atoms with E-state index in [0.717, 1.165) is 36.1 Å². The molecular formula is C14H18N4OS. The summed E-state index contributed by atoms with van der Waals surface area (Å²) in [6.07, 6.45) is 3.86. The highest BCUT2D eigenvalue weighted by molar-refractivity contribution is 7.21. The average molecular weight is 290 g/mol. The first kappa shape index (κ1) is 13.3. The minimum Gasteiger partial charge on any atom is -0.397 e. The summed E-state index contributed by atoms with van der Waals surface area (Å²) in [4.78, 5) is 20.3. The van der Waals surface area contributed by atoms with Crippen molar-refractivity contribution in [3.8, 4) is 0 Å². The molecule has 2 aromatic rings. The van der Waals surface area contributed by atoms with E-state index in [9.17, 15) is 4.79 Å². The molecule has 3 N–H and O–H groups in total. The summed E-state index contributed by atoms with van der Waals surface area (Å²) in [7, 11) is 2.08. The molecule has 5 nitrogen and oxygen atoms in total. The van der Waals surface area contributed by atoms with Crippen LogP contribution in [0, 0.1) is 0 Å². The number of carbonyl (C=O) groups excluding carboxylic acids is 1. The van der Waals surface area contributed by atoms with Crippen LogP contribution in [0.1, 0.15) is 22.5 Å². The summed E-state index contributed by atoms with van der Waals surface area (Å²) < 4.78 is 0. The highest BCUT2D eigenvalue weighted by Crippen LogP contribution is 2.31. The van der Waals surface area contributed by atoms with Crippen LogP contribution >= 0.6 is 11.3 Å². The molecule has 1 atom stereocenters. The number of thiophene rings is 1. The molecule has 0 spiro atoms. The Hall–Kier alpha value is -1.66. The highest BCUT2D eigenvalue weighted by atomic mass is 32.1. The number of hydrogen-bond acceptors (Lipinski definition) is 5. The number of anilines is 1. The Kier molecular flexibility index (Phi) is 3.58. The standard InChI is InChI=1S/C14H18N4OS/c1-18-7-3-4-9(8-18)17-13(19)12-11(15)10-5-2-6-16-14(10)20-12/h2,5-6,9H,3-4,7-8,15H2,1H3,(H,17,19). The van der Waals surface area contributed by atoms with E-state index in [0.29, 0.717) is 10.6 Å². The SMILES string of the molecule is CN1CCCC(NC(=O)c2sc3ncccc3c2N)C1. The van der Waals surface area contributed by atoms with Gasteiger partial charge in [0.05, 0.1) is 5.69 Å². The van der Waals surface area contributed by atoms with Gasteiger partial charge in [0.15, 0.2) is 0 Å². The zero-order chi connectivity index (χ0) is 14.1. The van der Waals surface area contributed by atoms with Crippen LogP contribution in [0.2, 0.25) is 0 Å². The predicted octanol–water partition coefficient (Wildman–Crippen LogP) is 1.70. The maximum Gasteiger partial charge on any atom is 0.263 e. The Morgan fingerprint density at radius 3 is 3.20 bits per heavy atom. The third-order valence-corrected chi connectivity index (χ3v) is 4.80. The fourth-order valence-electron chi connectivity index (χ4n) is 2.65. The van der Waals surface area contributed by atoms with Gasteiger partial charge in [-0.05, 0) is 38.6 Å². The second-order valence-electron chi connectivity index (χ2n) is 5.28. The molecule has 20 heavy (non-hydrogen) atoms. The summed E-state index contributed by atoms with van der Waals surface area (Å²) in [6.45, 7) is 2.00. The fourth-order valence-corrected chi connectivity index (χ4v) is 3.62. The third kappa shape index (κ3) is 2.48. The number of nitrogens with one attached hydrogen (secondary N) is 1. The van der Waals surface area contributed by atoms with Gasteiger partial charge in [0.25, 0.3) is 5.91 Å². The van der Waals surface area contributed by atoms with Crippen molar-refractivity contribution in [2.24, 2.45) is 0 Å². The first-order chi connectivity index (χ1) is 9.65. The summed E-state index contributed by atoms with van der Waals surface area (Å²) >= 11 is 1.36. The van der Waals surface area contributed by atoms with Crippen LogP contribution in [0.4, 0.5) is 5.69 Å². The predicted molar refractivity (Wildman–Crippen MR) is 82.0 cm³/mol. The summed E-state index contributed by atoms with van der Waals surface area (Å²) in [6, 6.07) is 3.95. The third-order valence-electron chi connectivity index (χ3n) is 3.67. The van der Waals surface area contributed by atoms with E-state index in [-0.39, 0.29) is 11.9 Å². The molecule has 3 heterocycles. The number of piperidine rings is 1. The molecule has 1 saturated heterocycles. The van der Waals surface area contributed by atoms with Gasteiger partial charge in [-0.1, -0.05) is 0 Å². The number of rotatable bonds is 2. The fraction of sp³-hybridized carbons (Fsp3) is 0.429. The monoisotopic (exact) mass is 290 g/mol. The van der Waals surface area contributed by atoms with Crippen molar-refractivity contribution in [3.63, 3.8) is 0 Å². The van der Waals surface area contributed by atoms with Crippen molar-refractivity contribution in [2.75, 3.05) is 25.9 Å². The van der Waals surface area contributed by atoms with E-state index in [1.165, 1.54) is 11.3 Å². The smallest absolute Gasteiger partial charge is 0.263 e. The maximum absolute atomic E-state index is 12.4. The van der Waals surface area contributed by atoms with Gasteiger partial charge in [-0.2, -0.15) is 0 Å². The lowest BCUT2D eigenvalue weighted by molar-refractivity contribution is 0.0917. The molecule has 2 aromatic heterocycles. The van der Waals surface area contributed by atoms with Crippen molar-refractivity contribution in [2.45, 2.75) is 18.9 Å². The lowest BCUT2D eigenvalue weighted by Crippen LogP contribution is -2.46. The molecule has 106 valence electrons. The Morgan fingerprint density at radius 1 is 1.60 bits per heavy atom. The number of pyridine rings is 1. The Bertz CT molecular complexity index is 639. The molecule has 1 amide bonds. The molecule has 3 rings (SSSR count). The van der Waals surface area contributed by atoms with E-state index in [1.807, 2.05) is 12.1 Å². The largest absolute Gasteiger partial charge is 0.397 e. The van der Waals surface area contributed by atoms with Crippen molar-refractivity contribution in [3.05, 3.63) is 23.2 Å². The second-order valence-corrected chi connectivity index (χ2v) is 6.27. The number of nitrogens with two attached hydrogens (primary N) is 1. The number of amides is 1. The van der Waals surface area contributed by atoms with Crippen molar-refractivity contribution in [1.82, 2.24) is 15.2 Å². The Balaban J connectivity index is 1.80. The molecule has 0 aromatic carbocycles. The van der Waals surface area contributed by atoms with Gasteiger partial charge in [-0.3, -0.25) is 4.79 Å². The highest BCUT2D eigenvalue weighted by Gasteiger charge is 2.22. The van der Waals surface area contributed by atoms with Crippen LogP contribution in [0.25, 0.3) is 10.2 Å². The van der Waals surface area contributed by atoms with Gasteiger partial charge in [-0.15, -0.1) is 11.3 Å². The number of likely N-dealkylation sites (N-methyl/N-ethyl adjacent to an activating group) is 1. The quantitative estimate of drug-likeness (QED) is 0.883. The molecule has 0 aliphatic carbocycles. The molecule has 0 bridgehead atoms. The Labute approximate surface area is 121 Å². The molecule has 6 heteroatoms. The van der Waals surface area contributed by atoms with Gasteiger partial charge in [0.1, 0.15) is 9.71 Å². The summed E-state index contributed by atoms with van der Waals surface area (Å²) in [5.41, 5.74) is 6.61. The first-order valence-electron chi connectivity index (χ1n) is 6.77. The number of hydrogen-bond donors (Lipinski definition) is 2. The number of carbonyl (C=O) groups is 1. The zero-order valence-corrected chi connectivity index (χ0v) is 12.2. The normalized spacial score (nSPS) is 20.1. The van der Waals surface area contributed by atoms with Gasteiger partial charge >= 0.3 is 0 Å². The number of nitrogens with zero attached hydrogens (tertiary/aromatic N) is 2. The van der Waals surface area contributed by atoms with Crippen molar-refractivity contribution < 1.29 is 4.79 Å². The molecule has 1 unspecified atom stereocenters. The Morgan fingerprint density at radius 2 is 2.45 bits per heavy atom. The van der Waals surface area contributed by atoms with Crippen LogP contribution < -0.4 is 11.1 Å². The van der Waals surface area contributed by atoms with E-state index < -0.39 is 0 Å². The first-order valence-corrected chi connectivity index (χ1v) is 7.59. The minimum absolute atomic E-state index is 0.0780. The van der Waals surface area contributed by atoms with Gasteiger partial charge in [0.2, 0.25) is 0 Å². The van der Waals surface area contributed by atoms with Crippen LogP contribution in [0.15, 0.2) is 18.3 Å². The van der Waals surface area contributed by atoms with Gasteiger partial charge in [0, 0.05) is 24.2 Å². The van der Waals surface area contributed by atoms with E-state index in [2.05, 4.69) is 22.2 Å². The maximum atomic E-state index is 12.4. The van der Waals surface area contributed by atoms with Crippen molar-refractivity contribution >= 4 is 33.1 Å². The molecule has 0 saturated carbocycles. The van der Waals surface area contributed by atoms with E-state index >= 15 is 0 Å². The van der Waals surface area contributed by atoms with Gasteiger partial charge < -0.3 is 16.0 Å². The lowest BCUT2D eigenvalue weighted by atomic mass is 10.1. The van der Waals surface area contributed by atoms with Crippen LogP contribution in [0.3, 0.4) is 0 Å². The lowest BCUT2D eigenvalue weighted by Gasteiger charge is -2.30. The number of fused-ring (bicyclic) bond motifs is 1. The van der Waals surface area contributed by atoms with E-state index in [1.54, 1.807) is 6.20 Å². The molecule has 1 aliphatic heterocycles. The zero-order valence-electron chi connectivity index (χ0n) is 11.4. The summed E-state index contributed by atoms with van der Waals surface area (Å²) in [5, 5.41) is 3.95. The minimum atomic E-state index is -0.0780. The van der Waals surface area contributed by atoms with Gasteiger partial charge in [-0.25, -0.2) is 4.98 Å². The molecular weight excluding hydrogens is 272 g/mol. The molecule has 1 fully saturated rings. The molecule has 1 aliphatic rings. The number of aromatic nitrogens is 1. The number of nitrogen functional groups attached to an aromatic ring is 1.